The van der Waals surface area contributed by atoms with Crippen LogP contribution >= 0.6 is 0 Å². The molecule has 0 unspecified atom stereocenters. The van der Waals surface area contributed by atoms with Crippen molar-refractivity contribution in [1.82, 2.24) is 0 Å². The van der Waals surface area contributed by atoms with E-state index in [0.717, 1.165) is 25.8 Å². The van der Waals surface area contributed by atoms with Gasteiger partial charge < -0.3 is 0 Å². The maximum atomic E-state index is 12.6. The monoisotopic (exact) mass is 254 g/mol. The van der Waals surface area contributed by atoms with Gasteiger partial charge in [0.05, 0.1) is 6.42 Å². The lowest BCUT2D eigenvalue weighted by Crippen LogP contribution is -2.47. The molecule has 3 aliphatic rings. The zero-order chi connectivity index (χ0) is 13.0. The Morgan fingerprint density at radius 2 is 2.11 bits per heavy atom. The van der Waals surface area contributed by atoms with Gasteiger partial charge in [-0.25, -0.2) is 4.58 Å². The summed E-state index contributed by atoms with van der Waals surface area (Å²) in [5.74, 6) is 0.470. The summed E-state index contributed by atoms with van der Waals surface area (Å²) in [5, 5.41) is 0. The van der Waals surface area contributed by atoms with E-state index in [1.54, 1.807) is 0 Å². The number of Topliss-reactive ketones (excluding diaryl/α,β-unsaturated/α-hetero) is 1. The molecule has 19 heavy (non-hydrogen) atoms. The number of carbonyl (C=O) groups excluding carboxylic acids is 1. The van der Waals surface area contributed by atoms with Gasteiger partial charge in [-0.1, -0.05) is 24.3 Å². The number of nitrogens with zero attached hydrogens (tertiary/aromatic N) is 1. The summed E-state index contributed by atoms with van der Waals surface area (Å²) in [5.41, 5.74) is 4.13. The van der Waals surface area contributed by atoms with Crippen molar-refractivity contribution in [2.24, 2.45) is 5.41 Å². The van der Waals surface area contributed by atoms with Crippen molar-refractivity contribution in [3.05, 3.63) is 35.4 Å². The maximum Gasteiger partial charge on any atom is 0.185 e. The van der Waals surface area contributed by atoms with Crippen LogP contribution in [0.15, 0.2) is 24.3 Å². The number of fused-ring (bicyclic) bond motifs is 4. The Labute approximate surface area is 114 Å². The minimum absolute atomic E-state index is 0.136. The zero-order valence-corrected chi connectivity index (χ0v) is 11.5. The first-order valence-corrected chi connectivity index (χ1v) is 7.44. The zero-order valence-electron chi connectivity index (χ0n) is 11.5. The van der Waals surface area contributed by atoms with Gasteiger partial charge >= 0.3 is 0 Å². The van der Waals surface area contributed by atoms with Gasteiger partial charge in [-0.2, -0.15) is 0 Å². The molecule has 1 aliphatic carbocycles. The molecule has 1 aromatic rings. The molecule has 1 aromatic carbocycles. The Hall–Kier alpha value is -1.44. The minimum Gasteiger partial charge on any atom is -0.298 e. The van der Waals surface area contributed by atoms with E-state index in [1.807, 2.05) is 0 Å². The molecule has 2 nitrogen and oxygen atoms in total. The topological polar surface area (TPSA) is 20.1 Å². The van der Waals surface area contributed by atoms with Crippen molar-refractivity contribution in [3.63, 3.8) is 0 Å². The van der Waals surface area contributed by atoms with Crippen LogP contribution < -0.4 is 0 Å². The molecule has 0 bridgehead atoms. The summed E-state index contributed by atoms with van der Waals surface area (Å²) in [6, 6.07) is 8.99. The third-order valence-electron chi connectivity index (χ3n) is 5.48. The first kappa shape index (κ1) is 11.4. The molecule has 0 aromatic heterocycles. The normalized spacial score (nSPS) is 32.9. The highest BCUT2D eigenvalue weighted by molar-refractivity contribution is 6.09. The molecule has 1 fully saturated rings. The Kier molecular flexibility index (Phi) is 2.27. The van der Waals surface area contributed by atoms with Crippen LogP contribution in [0.1, 0.15) is 49.8 Å². The van der Waals surface area contributed by atoms with Gasteiger partial charge in [0.25, 0.3) is 0 Å². The van der Waals surface area contributed by atoms with Crippen LogP contribution in [0.5, 0.6) is 0 Å². The number of carbonyl (C=O) groups is 1. The third kappa shape index (κ3) is 1.43. The van der Waals surface area contributed by atoms with Gasteiger partial charge in [0.2, 0.25) is 0 Å². The number of rotatable bonds is 0. The number of hydrogen-bond donors (Lipinski definition) is 0. The van der Waals surface area contributed by atoms with E-state index in [0.29, 0.717) is 18.2 Å². The second kappa shape index (κ2) is 3.78. The molecule has 1 saturated carbocycles. The number of ketones is 1. The first-order chi connectivity index (χ1) is 9.20. The quantitative estimate of drug-likeness (QED) is 0.652. The molecule has 0 N–H and O–H groups in total. The van der Waals surface area contributed by atoms with Crippen LogP contribution in [0.25, 0.3) is 0 Å². The fourth-order valence-electron chi connectivity index (χ4n) is 4.39. The number of benzene rings is 1. The molecule has 2 heteroatoms. The van der Waals surface area contributed by atoms with Crippen LogP contribution in [-0.4, -0.2) is 22.6 Å². The van der Waals surface area contributed by atoms with Crippen molar-refractivity contribution in [2.75, 3.05) is 6.54 Å². The highest BCUT2D eigenvalue weighted by Gasteiger charge is 2.54. The fraction of sp³-hybridized carbons (Fsp3) is 0.529. The SMILES string of the molecule is C[C@@]12CCCC1=[N+]1CCc3ccccc3[C@@H]1CC2=O. The van der Waals surface area contributed by atoms with E-state index < -0.39 is 0 Å². The van der Waals surface area contributed by atoms with Gasteiger partial charge in [-0.3, -0.25) is 4.79 Å². The average Bonchev–Trinajstić information content (AvgIpc) is 2.83. The highest BCUT2D eigenvalue weighted by atomic mass is 16.1. The van der Waals surface area contributed by atoms with Crippen molar-refractivity contribution in [2.45, 2.75) is 45.1 Å². The van der Waals surface area contributed by atoms with Gasteiger partial charge in [-0.05, 0) is 25.3 Å². The van der Waals surface area contributed by atoms with E-state index in [4.69, 9.17) is 0 Å². The molecule has 0 radical (unpaired) electrons. The molecule has 4 rings (SSSR count). The van der Waals surface area contributed by atoms with E-state index in [-0.39, 0.29) is 5.41 Å². The standard InChI is InChI=1S/C17H20NO/c1-17-9-4-7-15(17)18-10-8-12-5-2-3-6-13(12)14(18)11-16(17)19/h2-3,5-6,14H,4,7-11H2,1H3/q+1/t14-,17+/m0/s1. The maximum absolute atomic E-state index is 12.6. The third-order valence-corrected chi connectivity index (χ3v) is 5.48. The van der Waals surface area contributed by atoms with Crippen molar-refractivity contribution < 1.29 is 9.37 Å². The smallest absolute Gasteiger partial charge is 0.185 e. The summed E-state index contributed by atoms with van der Waals surface area (Å²) >= 11 is 0. The van der Waals surface area contributed by atoms with Crippen molar-refractivity contribution in [1.29, 1.82) is 0 Å². The summed E-state index contributed by atoms with van der Waals surface area (Å²) in [6.45, 7) is 3.27. The Morgan fingerprint density at radius 3 is 3.00 bits per heavy atom. The predicted octanol–water partition coefficient (Wildman–Crippen LogP) is 2.90. The van der Waals surface area contributed by atoms with Gasteiger partial charge in [0.1, 0.15) is 12.0 Å². The highest BCUT2D eigenvalue weighted by Crippen LogP contribution is 2.45. The van der Waals surface area contributed by atoms with E-state index in [9.17, 15) is 4.79 Å². The van der Waals surface area contributed by atoms with Crippen LogP contribution in [-0.2, 0) is 11.2 Å². The molecule has 98 valence electrons. The summed E-state index contributed by atoms with van der Waals surface area (Å²) < 4.78 is 2.57. The molecule has 2 heterocycles. The fourth-order valence-corrected chi connectivity index (χ4v) is 4.39. The molecule has 0 spiro atoms. The van der Waals surface area contributed by atoms with E-state index >= 15 is 0 Å². The second-order valence-electron chi connectivity index (χ2n) is 6.42. The van der Waals surface area contributed by atoms with E-state index in [1.165, 1.54) is 23.3 Å². The Balaban J connectivity index is 1.91. The Morgan fingerprint density at radius 1 is 1.26 bits per heavy atom. The predicted molar refractivity (Wildman–Crippen MR) is 74.6 cm³/mol. The Bertz CT molecular complexity index is 601. The largest absolute Gasteiger partial charge is 0.298 e. The van der Waals surface area contributed by atoms with Crippen LogP contribution in [0.2, 0.25) is 0 Å². The van der Waals surface area contributed by atoms with E-state index in [2.05, 4.69) is 35.8 Å². The molecule has 2 aliphatic heterocycles. The summed E-state index contributed by atoms with van der Waals surface area (Å²) in [7, 11) is 0. The molecular formula is C17H20NO+. The van der Waals surface area contributed by atoms with Gasteiger partial charge in [0.15, 0.2) is 17.5 Å². The lowest BCUT2D eigenvalue weighted by atomic mass is 9.74. The average molecular weight is 254 g/mol. The summed E-state index contributed by atoms with van der Waals surface area (Å²) in [6.07, 6.45) is 5.20. The van der Waals surface area contributed by atoms with Gasteiger partial charge in [0, 0.05) is 18.4 Å². The lowest BCUT2D eigenvalue weighted by molar-refractivity contribution is -0.581. The minimum atomic E-state index is -0.136. The molecule has 0 amide bonds. The van der Waals surface area contributed by atoms with Crippen LogP contribution in [0.3, 0.4) is 0 Å². The summed E-state index contributed by atoms with van der Waals surface area (Å²) in [4.78, 5) is 12.6. The molecule has 2 atom stereocenters. The van der Waals surface area contributed by atoms with Crippen LogP contribution in [0.4, 0.5) is 0 Å². The van der Waals surface area contributed by atoms with Gasteiger partial charge in [-0.15, -0.1) is 0 Å². The number of hydrogen-bond acceptors (Lipinski definition) is 1. The molecular weight excluding hydrogens is 234 g/mol. The lowest BCUT2D eigenvalue weighted by Gasteiger charge is -2.34. The first-order valence-electron chi connectivity index (χ1n) is 7.44. The van der Waals surface area contributed by atoms with Crippen molar-refractivity contribution >= 4 is 11.5 Å². The van der Waals surface area contributed by atoms with Crippen LogP contribution in [0, 0.1) is 5.41 Å². The van der Waals surface area contributed by atoms with Crippen molar-refractivity contribution in [3.8, 4) is 0 Å². The second-order valence-corrected chi connectivity index (χ2v) is 6.42. The molecule has 0 saturated heterocycles.